The molecule has 0 spiro atoms. The van der Waals surface area contributed by atoms with Gasteiger partial charge in [-0.1, -0.05) is 84.0 Å². The number of ether oxygens (including phenoxy) is 1. The predicted octanol–water partition coefficient (Wildman–Crippen LogP) is 5.99. The van der Waals surface area contributed by atoms with Gasteiger partial charge in [-0.3, -0.25) is 0 Å². The fourth-order valence-electron chi connectivity index (χ4n) is 2.38. The van der Waals surface area contributed by atoms with Gasteiger partial charge in [-0.25, -0.2) is 0 Å². The highest BCUT2D eigenvalue weighted by Gasteiger charge is 1.95. The van der Waals surface area contributed by atoms with Crippen LogP contribution in [0.2, 0.25) is 0 Å². The molecule has 0 saturated heterocycles. The maximum Gasteiger partial charge on any atom is 0.0503 e. The van der Waals surface area contributed by atoms with Crippen LogP contribution in [0.1, 0.15) is 37.8 Å². The van der Waals surface area contributed by atoms with E-state index in [9.17, 15) is 0 Å². The van der Waals surface area contributed by atoms with Gasteiger partial charge in [-0.15, -0.1) is 0 Å². The summed E-state index contributed by atoms with van der Waals surface area (Å²) < 4.78 is 5.77. The van der Waals surface area contributed by atoms with Crippen LogP contribution >= 0.6 is 0 Å². The number of rotatable bonds is 8. The van der Waals surface area contributed by atoms with Gasteiger partial charge in [-0.05, 0) is 37.8 Å². The zero-order valence-corrected chi connectivity index (χ0v) is 14.2. The van der Waals surface area contributed by atoms with Crippen molar-refractivity contribution < 1.29 is 4.74 Å². The van der Waals surface area contributed by atoms with Gasteiger partial charge in [0.2, 0.25) is 0 Å². The highest BCUT2D eigenvalue weighted by molar-refractivity contribution is 5.52. The largest absolute Gasteiger partial charge is 0.381 e. The van der Waals surface area contributed by atoms with Crippen molar-refractivity contribution in [1.82, 2.24) is 0 Å². The summed E-state index contributed by atoms with van der Waals surface area (Å²) in [6.07, 6.45) is 6.42. The maximum absolute atomic E-state index is 5.77. The number of benzene rings is 2. The summed E-state index contributed by atoms with van der Waals surface area (Å²) in [5, 5.41) is 0. The molecule has 2 rings (SSSR count). The number of hydrogen-bond donors (Lipinski definition) is 0. The molecular weight excluding hydrogens is 280 g/mol. The summed E-state index contributed by atoms with van der Waals surface area (Å²) in [6.45, 7) is 5.90. The average molecular weight is 306 g/mol. The van der Waals surface area contributed by atoms with E-state index in [0.717, 1.165) is 26.1 Å². The molecule has 0 fully saturated rings. The smallest absolute Gasteiger partial charge is 0.0503 e. The van der Waals surface area contributed by atoms with E-state index in [-0.39, 0.29) is 0 Å². The molecule has 23 heavy (non-hydrogen) atoms. The third kappa shape index (κ3) is 7.12. The topological polar surface area (TPSA) is 9.23 Å². The van der Waals surface area contributed by atoms with Crippen LogP contribution in [0.5, 0.6) is 0 Å². The Morgan fingerprint density at radius 1 is 0.696 bits per heavy atom. The minimum atomic E-state index is 0.785. The molecule has 0 atom stereocenters. The minimum absolute atomic E-state index is 0.785. The van der Waals surface area contributed by atoms with E-state index in [0.29, 0.717) is 0 Å². The second-order valence-corrected chi connectivity index (χ2v) is 5.92. The molecule has 120 valence electrons. The Balaban J connectivity index is 1.66. The maximum atomic E-state index is 5.77. The monoisotopic (exact) mass is 306 g/mol. The molecule has 2 aromatic carbocycles. The van der Waals surface area contributed by atoms with Crippen LogP contribution in [0, 0.1) is 0 Å². The van der Waals surface area contributed by atoms with Crippen molar-refractivity contribution in [3.05, 3.63) is 82.9 Å². The van der Waals surface area contributed by atoms with E-state index < -0.39 is 0 Å². The zero-order chi connectivity index (χ0) is 16.3. The van der Waals surface area contributed by atoms with Gasteiger partial charge < -0.3 is 4.74 Å². The van der Waals surface area contributed by atoms with E-state index in [2.05, 4.69) is 74.5 Å². The second kappa shape index (κ2) is 9.81. The van der Waals surface area contributed by atoms with Gasteiger partial charge in [0, 0.05) is 0 Å². The molecule has 1 nitrogen and oxygen atoms in total. The first-order chi connectivity index (χ1) is 11.2. The lowest BCUT2D eigenvalue weighted by Crippen LogP contribution is -1.98. The summed E-state index contributed by atoms with van der Waals surface area (Å²) >= 11 is 0. The lowest BCUT2D eigenvalue weighted by Gasteiger charge is -2.06. The quantitative estimate of drug-likeness (QED) is 0.544. The third-order valence-electron chi connectivity index (χ3n) is 3.71. The Bertz CT molecular complexity index is 566. The van der Waals surface area contributed by atoms with Gasteiger partial charge in [0.25, 0.3) is 0 Å². The highest BCUT2D eigenvalue weighted by atomic mass is 16.5. The molecule has 2 aromatic rings. The SMILES string of the molecule is CC(=Cc1ccccc1)CCOCCC(C)=Cc1ccccc1. The van der Waals surface area contributed by atoms with Crippen molar-refractivity contribution >= 4 is 12.2 Å². The first kappa shape index (κ1) is 17.2. The Hall–Kier alpha value is -2.12. The predicted molar refractivity (Wildman–Crippen MR) is 100 cm³/mol. The van der Waals surface area contributed by atoms with E-state index in [4.69, 9.17) is 4.74 Å². The lowest BCUT2D eigenvalue weighted by atomic mass is 10.1. The summed E-state index contributed by atoms with van der Waals surface area (Å²) in [4.78, 5) is 0. The lowest BCUT2D eigenvalue weighted by molar-refractivity contribution is 0.140. The molecule has 0 aromatic heterocycles. The molecule has 0 unspecified atom stereocenters. The van der Waals surface area contributed by atoms with Gasteiger partial charge in [-0.2, -0.15) is 0 Å². The Kier molecular flexibility index (Phi) is 7.35. The van der Waals surface area contributed by atoms with Gasteiger partial charge in [0.1, 0.15) is 0 Å². The Morgan fingerprint density at radius 2 is 1.09 bits per heavy atom. The van der Waals surface area contributed by atoms with Crippen LogP contribution in [0.15, 0.2) is 71.8 Å². The average Bonchev–Trinajstić information content (AvgIpc) is 2.56. The summed E-state index contributed by atoms with van der Waals surface area (Å²) in [5.74, 6) is 0. The second-order valence-electron chi connectivity index (χ2n) is 5.92. The van der Waals surface area contributed by atoms with Crippen molar-refractivity contribution in [3.63, 3.8) is 0 Å². The molecule has 0 bridgehead atoms. The van der Waals surface area contributed by atoms with Crippen LogP contribution in [-0.4, -0.2) is 13.2 Å². The molecule has 0 aliphatic carbocycles. The molecule has 0 amide bonds. The van der Waals surface area contributed by atoms with E-state index in [1.54, 1.807) is 0 Å². The summed E-state index contributed by atoms with van der Waals surface area (Å²) in [7, 11) is 0. The highest BCUT2D eigenvalue weighted by Crippen LogP contribution is 2.11. The van der Waals surface area contributed by atoms with E-state index >= 15 is 0 Å². The molecule has 0 aliphatic rings. The molecule has 0 saturated carbocycles. The fourth-order valence-corrected chi connectivity index (χ4v) is 2.38. The standard InChI is InChI=1S/C22H26O/c1-19(17-21-9-5-3-6-10-21)13-15-23-16-14-20(2)18-22-11-7-4-8-12-22/h3-12,17-18H,13-16H2,1-2H3. The molecule has 1 heteroatoms. The zero-order valence-electron chi connectivity index (χ0n) is 14.2. The van der Waals surface area contributed by atoms with Gasteiger partial charge >= 0.3 is 0 Å². The van der Waals surface area contributed by atoms with Crippen LogP contribution in [0.4, 0.5) is 0 Å². The first-order valence-electron chi connectivity index (χ1n) is 8.26. The number of hydrogen-bond acceptors (Lipinski definition) is 1. The van der Waals surface area contributed by atoms with Crippen molar-refractivity contribution in [2.24, 2.45) is 0 Å². The fraction of sp³-hybridized carbons (Fsp3) is 0.273. The van der Waals surface area contributed by atoms with Gasteiger partial charge in [0.15, 0.2) is 0 Å². The molecule has 0 N–H and O–H groups in total. The Morgan fingerprint density at radius 3 is 1.48 bits per heavy atom. The van der Waals surface area contributed by atoms with Crippen LogP contribution < -0.4 is 0 Å². The summed E-state index contributed by atoms with van der Waals surface area (Å²) in [6, 6.07) is 20.9. The van der Waals surface area contributed by atoms with Crippen LogP contribution in [-0.2, 0) is 4.74 Å². The molecule has 0 aliphatic heterocycles. The molecular formula is C22H26O. The Labute approximate surface area is 140 Å². The van der Waals surface area contributed by atoms with Gasteiger partial charge in [0.05, 0.1) is 13.2 Å². The van der Waals surface area contributed by atoms with Crippen LogP contribution in [0.25, 0.3) is 12.2 Å². The third-order valence-corrected chi connectivity index (χ3v) is 3.71. The van der Waals surface area contributed by atoms with Crippen molar-refractivity contribution in [1.29, 1.82) is 0 Å². The van der Waals surface area contributed by atoms with Crippen LogP contribution in [0.3, 0.4) is 0 Å². The van der Waals surface area contributed by atoms with Crippen molar-refractivity contribution in [2.75, 3.05) is 13.2 Å². The van der Waals surface area contributed by atoms with E-state index in [1.807, 2.05) is 12.1 Å². The van der Waals surface area contributed by atoms with E-state index in [1.165, 1.54) is 22.3 Å². The van der Waals surface area contributed by atoms with Crippen molar-refractivity contribution in [2.45, 2.75) is 26.7 Å². The normalized spacial score (nSPS) is 12.4. The first-order valence-corrected chi connectivity index (χ1v) is 8.26. The minimum Gasteiger partial charge on any atom is -0.381 e. The molecule has 0 radical (unpaired) electrons. The molecule has 0 heterocycles. The summed E-state index contributed by atoms with van der Waals surface area (Å²) in [5.41, 5.74) is 5.22. The van der Waals surface area contributed by atoms with Crippen molar-refractivity contribution in [3.8, 4) is 0 Å².